The van der Waals surface area contributed by atoms with E-state index in [0.29, 0.717) is 11.5 Å². The summed E-state index contributed by atoms with van der Waals surface area (Å²) in [6.07, 6.45) is 1.99. The molecule has 4 nitrogen and oxygen atoms in total. The fourth-order valence-corrected chi connectivity index (χ4v) is 3.12. The predicted octanol–water partition coefficient (Wildman–Crippen LogP) is 5.47. The molecule has 128 valence electrons. The lowest BCUT2D eigenvalue weighted by molar-refractivity contribution is 0.102. The standard InChI is InChI=1S/C21H16N2O2S/c1-26-17-6-4-5-15(13-17)20(24)22-16-11-9-14(10-12-16)21-23-18-7-2-3-8-19(18)25-21/h2-13H,1H3,(H,22,24). The minimum atomic E-state index is -0.129. The Balaban J connectivity index is 1.53. The van der Waals surface area contributed by atoms with Crippen LogP contribution in [0.2, 0.25) is 0 Å². The van der Waals surface area contributed by atoms with Crippen molar-refractivity contribution in [3.63, 3.8) is 0 Å². The minimum Gasteiger partial charge on any atom is -0.436 e. The predicted molar refractivity (Wildman–Crippen MR) is 106 cm³/mol. The fourth-order valence-electron chi connectivity index (χ4n) is 2.66. The van der Waals surface area contributed by atoms with Crippen molar-refractivity contribution in [2.75, 3.05) is 11.6 Å². The Labute approximate surface area is 155 Å². The number of amides is 1. The molecule has 26 heavy (non-hydrogen) atoms. The Kier molecular flexibility index (Phi) is 4.46. The highest BCUT2D eigenvalue weighted by Gasteiger charge is 2.09. The van der Waals surface area contributed by atoms with Gasteiger partial charge in [-0.2, -0.15) is 0 Å². The van der Waals surface area contributed by atoms with Gasteiger partial charge in [-0.05, 0) is 60.9 Å². The third kappa shape index (κ3) is 3.34. The normalized spacial score (nSPS) is 10.8. The molecule has 0 spiro atoms. The van der Waals surface area contributed by atoms with E-state index < -0.39 is 0 Å². The van der Waals surface area contributed by atoms with Gasteiger partial charge in [0.2, 0.25) is 5.89 Å². The van der Waals surface area contributed by atoms with Gasteiger partial charge in [0.1, 0.15) is 5.52 Å². The summed E-state index contributed by atoms with van der Waals surface area (Å²) in [6.45, 7) is 0. The third-order valence-corrected chi connectivity index (χ3v) is 4.74. The summed E-state index contributed by atoms with van der Waals surface area (Å²) in [6, 6.07) is 22.7. The molecule has 1 amide bonds. The number of rotatable bonds is 4. The molecule has 5 heteroatoms. The van der Waals surface area contributed by atoms with Crippen molar-refractivity contribution in [2.24, 2.45) is 0 Å². The van der Waals surface area contributed by atoms with Gasteiger partial charge in [0.25, 0.3) is 5.91 Å². The maximum absolute atomic E-state index is 12.4. The summed E-state index contributed by atoms with van der Waals surface area (Å²) < 4.78 is 5.77. The van der Waals surface area contributed by atoms with E-state index in [-0.39, 0.29) is 5.91 Å². The molecule has 0 fully saturated rings. The molecular formula is C21H16N2O2S. The second-order valence-electron chi connectivity index (χ2n) is 5.75. The molecule has 4 aromatic rings. The second-order valence-corrected chi connectivity index (χ2v) is 6.63. The quantitative estimate of drug-likeness (QED) is 0.490. The maximum atomic E-state index is 12.4. The average molecular weight is 360 g/mol. The number of carbonyl (C=O) groups excluding carboxylic acids is 1. The van der Waals surface area contributed by atoms with Crippen molar-refractivity contribution in [3.05, 3.63) is 78.4 Å². The molecular weight excluding hydrogens is 344 g/mol. The molecule has 0 saturated carbocycles. The maximum Gasteiger partial charge on any atom is 0.255 e. The van der Waals surface area contributed by atoms with E-state index in [2.05, 4.69) is 10.3 Å². The molecule has 3 aromatic carbocycles. The van der Waals surface area contributed by atoms with Crippen LogP contribution in [0.3, 0.4) is 0 Å². The van der Waals surface area contributed by atoms with Gasteiger partial charge in [-0.15, -0.1) is 11.8 Å². The summed E-state index contributed by atoms with van der Waals surface area (Å²) in [7, 11) is 0. The number of fused-ring (bicyclic) bond motifs is 1. The van der Waals surface area contributed by atoms with Crippen LogP contribution in [0.5, 0.6) is 0 Å². The highest BCUT2D eigenvalue weighted by Crippen LogP contribution is 2.25. The molecule has 0 bridgehead atoms. The number of aromatic nitrogens is 1. The minimum absolute atomic E-state index is 0.129. The van der Waals surface area contributed by atoms with E-state index in [1.165, 1.54) is 0 Å². The van der Waals surface area contributed by atoms with Gasteiger partial charge in [-0.3, -0.25) is 4.79 Å². The smallest absolute Gasteiger partial charge is 0.255 e. The Morgan fingerprint density at radius 3 is 2.58 bits per heavy atom. The number of hydrogen-bond acceptors (Lipinski definition) is 4. The molecule has 0 saturated heterocycles. The number of nitrogens with zero attached hydrogens (tertiary/aromatic N) is 1. The van der Waals surface area contributed by atoms with Crippen LogP contribution in [0.25, 0.3) is 22.6 Å². The van der Waals surface area contributed by atoms with Crippen LogP contribution in [0.1, 0.15) is 10.4 Å². The molecule has 1 heterocycles. The van der Waals surface area contributed by atoms with Crippen molar-refractivity contribution in [2.45, 2.75) is 4.90 Å². The van der Waals surface area contributed by atoms with E-state index in [1.807, 2.05) is 79.1 Å². The summed E-state index contributed by atoms with van der Waals surface area (Å²) >= 11 is 1.61. The van der Waals surface area contributed by atoms with Crippen LogP contribution in [0.4, 0.5) is 5.69 Å². The first-order valence-corrected chi connectivity index (χ1v) is 9.37. The van der Waals surface area contributed by atoms with Crippen LogP contribution in [0.15, 0.2) is 82.1 Å². The number of oxazole rings is 1. The van der Waals surface area contributed by atoms with Crippen LogP contribution in [-0.2, 0) is 0 Å². The molecule has 4 rings (SSSR count). The Hall–Kier alpha value is -3.05. The van der Waals surface area contributed by atoms with Gasteiger partial charge in [0.15, 0.2) is 5.58 Å². The fraction of sp³-hybridized carbons (Fsp3) is 0.0476. The molecule has 0 unspecified atom stereocenters. The molecule has 0 atom stereocenters. The summed E-state index contributed by atoms with van der Waals surface area (Å²) in [5.74, 6) is 0.437. The highest BCUT2D eigenvalue weighted by atomic mass is 32.2. The number of carbonyl (C=O) groups is 1. The first-order valence-electron chi connectivity index (χ1n) is 8.14. The van der Waals surface area contributed by atoms with Crippen molar-refractivity contribution in [3.8, 4) is 11.5 Å². The summed E-state index contributed by atoms with van der Waals surface area (Å²) in [5.41, 5.74) is 3.81. The SMILES string of the molecule is CSc1cccc(C(=O)Nc2ccc(-c3nc4ccccc4o3)cc2)c1. The number of para-hydroxylation sites is 2. The Bertz CT molecular complexity index is 1040. The van der Waals surface area contributed by atoms with E-state index in [1.54, 1.807) is 11.8 Å². The third-order valence-electron chi connectivity index (χ3n) is 4.02. The molecule has 0 aliphatic carbocycles. The number of benzene rings is 3. The van der Waals surface area contributed by atoms with Gasteiger partial charge in [-0.25, -0.2) is 4.98 Å². The number of nitrogens with one attached hydrogen (secondary N) is 1. The summed E-state index contributed by atoms with van der Waals surface area (Å²) in [4.78, 5) is 17.9. The van der Waals surface area contributed by atoms with Crippen LogP contribution >= 0.6 is 11.8 Å². The van der Waals surface area contributed by atoms with Crippen LogP contribution < -0.4 is 5.32 Å². The molecule has 0 aliphatic heterocycles. The van der Waals surface area contributed by atoms with Crippen LogP contribution in [0, 0.1) is 0 Å². The second kappa shape index (κ2) is 7.06. The van der Waals surface area contributed by atoms with Gasteiger partial charge in [0.05, 0.1) is 0 Å². The first kappa shape index (κ1) is 16.4. The highest BCUT2D eigenvalue weighted by molar-refractivity contribution is 7.98. The largest absolute Gasteiger partial charge is 0.436 e. The van der Waals surface area contributed by atoms with E-state index in [0.717, 1.165) is 27.2 Å². The van der Waals surface area contributed by atoms with Gasteiger partial charge < -0.3 is 9.73 Å². The van der Waals surface area contributed by atoms with Gasteiger partial charge in [0, 0.05) is 21.7 Å². The number of hydrogen-bond donors (Lipinski definition) is 1. The lowest BCUT2D eigenvalue weighted by atomic mass is 10.2. The zero-order valence-corrected chi connectivity index (χ0v) is 14.9. The number of anilines is 1. The van der Waals surface area contributed by atoms with Crippen molar-refractivity contribution in [1.82, 2.24) is 4.98 Å². The van der Waals surface area contributed by atoms with Crippen molar-refractivity contribution < 1.29 is 9.21 Å². The Morgan fingerprint density at radius 2 is 1.81 bits per heavy atom. The zero-order chi connectivity index (χ0) is 17.9. The first-order chi connectivity index (χ1) is 12.7. The topological polar surface area (TPSA) is 55.1 Å². The Morgan fingerprint density at radius 1 is 1.00 bits per heavy atom. The average Bonchev–Trinajstić information content (AvgIpc) is 3.13. The molecule has 0 radical (unpaired) electrons. The molecule has 0 aliphatic rings. The lowest BCUT2D eigenvalue weighted by Gasteiger charge is -2.07. The monoisotopic (exact) mass is 360 g/mol. The number of thioether (sulfide) groups is 1. The zero-order valence-electron chi connectivity index (χ0n) is 14.1. The van der Waals surface area contributed by atoms with E-state index in [9.17, 15) is 4.79 Å². The molecule has 1 N–H and O–H groups in total. The van der Waals surface area contributed by atoms with E-state index >= 15 is 0 Å². The van der Waals surface area contributed by atoms with Crippen molar-refractivity contribution >= 4 is 34.5 Å². The summed E-state index contributed by atoms with van der Waals surface area (Å²) in [5, 5.41) is 2.92. The van der Waals surface area contributed by atoms with Gasteiger partial charge >= 0.3 is 0 Å². The van der Waals surface area contributed by atoms with Gasteiger partial charge in [-0.1, -0.05) is 18.2 Å². The molecule has 1 aromatic heterocycles. The van der Waals surface area contributed by atoms with Crippen molar-refractivity contribution in [1.29, 1.82) is 0 Å². The lowest BCUT2D eigenvalue weighted by Crippen LogP contribution is -2.11. The van der Waals surface area contributed by atoms with E-state index in [4.69, 9.17) is 4.42 Å². The van der Waals surface area contributed by atoms with Crippen LogP contribution in [-0.4, -0.2) is 17.1 Å².